The van der Waals surface area contributed by atoms with Gasteiger partial charge in [0.15, 0.2) is 0 Å². The van der Waals surface area contributed by atoms with Crippen LogP contribution in [0.2, 0.25) is 0 Å². The predicted molar refractivity (Wildman–Crippen MR) is 71.7 cm³/mol. The fraction of sp³-hybridized carbons (Fsp3) is 0.462. The summed E-state index contributed by atoms with van der Waals surface area (Å²) in [6, 6.07) is 4.78. The molecule has 0 saturated carbocycles. The molecule has 1 aromatic rings. The first-order valence-electron chi connectivity index (χ1n) is 6.05. The molecule has 1 fully saturated rings. The topological polar surface area (TPSA) is 58.6 Å². The van der Waals surface area contributed by atoms with Gasteiger partial charge in [-0.1, -0.05) is 0 Å². The third-order valence-corrected chi connectivity index (χ3v) is 3.65. The van der Waals surface area contributed by atoms with Crippen molar-refractivity contribution in [3.05, 3.63) is 28.2 Å². The summed E-state index contributed by atoms with van der Waals surface area (Å²) in [5, 5.41) is 12.3. The zero-order valence-corrected chi connectivity index (χ0v) is 11.6. The summed E-state index contributed by atoms with van der Waals surface area (Å²) in [6.07, 6.45) is 3.31. The molecule has 1 aliphatic rings. The Morgan fingerprint density at radius 1 is 1.56 bits per heavy atom. The van der Waals surface area contributed by atoms with E-state index in [-0.39, 0.29) is 17.8 Å². The fourth-order valence-electron chi connectivity index (χ4n) is 1.97. The molecule has 0 bridgehead atoms. The standard InChI is InChI=1S/C13H16BrNO3/c14-11-4-3-9(8-12(11)16)13(17)15-6-5-10-2-1-7-18-10/h3-4,8,10,16H,1-2,5-7H2,(H,15,17). The van der Waals surface area contributed by atoms with Crippen LogP contribution in [0.25, 0.3) is 0 Å². The van der Waals surface area contributed by atoms with E-state index in [2.05, 4.69) is 21.2 Å². The molecule has 1 aromatic carbocycles. The molecule has 0 spiro atoms. The first-order valence-corrected chi connectivity index (χ1v) is 6.84. The normalized spacial score (nSPS) is 18.8. The minimum Gasteiger partial charge on any atom is -0.507 e. The monoisotopic (exact) mass is 313 g/mol. The van der Waals surface area contributed by atoms with Crippen molar-refractivity contribution in [2.45, 2.75) is 25.4 Å². The molecule has 1 amide bonds. The van der Waals surface area contributed by atoms with Crippen LogP contribution < -0.4 is 5.32 Å². The van der Waals surface area contributed by atoms with Crippen LogP contribution >= 0.6 is 15.9 Å². The van der Waals surface area contributed by atoms with Crippen molar-refractivity contribution in [2.75, 3.05) is 13.2 Å². The number of halogens is 1. The molecule has 1 unspecified atom stereocenters. The number of phenolic OH excluding ortho intramolecular Hbond substituents is 1. The zero-order chi connectivity index (χ0) is 13.0. The quantitative estimate of drug-likeness (QED) is 0.897. The number of rotatable bonds is 4. The molecular formula is C13H16BrNO3. The largest absolute Gasteiger partial charge is 0.507 e. The van der Waals surface area contributed by atoms with Crippen LogP contribution in [0.4, 0.5) is 0 Å². The van der Waals surface area contributed by atoms with Crippen LogP contribution in [0.3, 0.4) is 0 Å². The maximum Gasteiger partial charge on any atom is 0.251 e. The Bertz CT molecular complexity index is 430. The Balaban J connectivity index is 1.81. The van der Waals surface area contributed by atoms with Gasteiger partial charge in [0.2, 0.25) is 0 Å². The number of aromatic hydroxyl groups is 1. The van der Waals surface area contributed by atoms with Crippen LogP contribution in [-0.2, 0) is 4.74 Å². The zero-order valence-electron chi connectivity index (χ0n) is 9.99. The summed E-state index contributed by atoms with van der Waals surface area (Å²) >= 11 is 3.18. The Labute approximate surface area is 114 Å². The van der Waals surface area contributed by atoms with E-state index < -0.39 is 0 Å². The Morgan fingerprint density at radius 2 is 2.39 bits per heavy atom. The average Bonchev–Trinajstić information content (AvgIpc) is 2.85. The maximum absolute atomic E-state index is 11.8. The summed E-state index contributed by atoms with van der Waals surface area (Å²) < 4.78 is 6.06. The van der Waals surface area contributed by atoms with E-state index in [4.69, 9.17) is 4.74 Å². The van der Waals surface area contributed by atoms with E-state index in [0.29, 0.717) is 16.6 Å². The van der Waals surface area contributed by atoms with Gasteiger partial charge in [0.05, 0.1) is 10.6 Å². The number of nitrogens with one attached hydrogen (secondary N) is 1. The van der Waals surface area contributed by atoms with Crippen LogP contribution in [0.15, 0.2) is 22.7 Å². The lowest BCUT2D eigenvalue weighted by atomic mass is 10.1. The van der Waals surface area contributed by atoms with E-state index in [1.54, 1.807) is 12.1 Å². The molecule has 0 radical (unpaired) electrons. The molecule has 1 heterocycles. The second-order valence-corrected chi connectivity index (χ2v) is 5.20. The fourth-order valence-corrected chi connectivity index (χ4v) is 2.22. The van der Waals surface area contributed by atoms with Crippen LogP contribution in [0.5, 0.6) is 5.75 Å². The molecule has 2 rings (SSSR count). The molecule has 1 aliphatic heterocycles. The lowest BCUT2D eigenvalue weighted by Gasteiger charge is -2.10. The number of amides is 1. The highest BCUT2D eigenvalue weighted by Gasteiger charge is 2.15. The van der Waals surface area contributed by atoms with Crippen LogP contribution in [0.1, 0.15) is 29.6 Å². The molecule has 0 aromatic heterocycles. The molecule has 0 aliphatic carbocycles. The molecule has 2 N–H and O–H groups in total. The molecule has 18 heavy (non-hydrogen) atoms. The van der Waals surface area contributed by atoms with Crippen molar-refractivity contribution < 1.29 is 14.6 Å². The van der Waals surface area contributed by atoms with Crippen molar-refractivity contribution in [1.82, 2.24) is 5.32 Å². The molecule has 5 heteroatoms. The molecular weight excluding hydrogens is 298 g/mol. The number of hydrogen-bond acceptors (Lipinski definition) is 3. The second kappa shape index (κ2) is 6.20. The second-order valence-electron chi connectivity index (χ2n) is 4.35. The van der Waals surface area contributed by atoms with Gasteiger partial charge in [-0.2, -0.15) is 0 Å². The lowest BCUT2D eigenvalue weighted by molar-refractivity contribution is 0.0907. The number of carbonyl (C=O) groups excluding carboxylic acids is 1. The number of benzene rings is 1. The van der Waals surface area contributed by atoms with Gasteiger partial charge >= 0.3 is 0 Å². The molecule has 1 atom stereocenters. The Kier molecular flexibility index (Phi) is 4.60. The number of phenols is 1. The highest BCUT2D eigenvalue weighted by molar-refractivity contribution is 9.10. The lowest BCUT2D eigenvalue weighted by Crippen LogP contribution is -2.26. The van der Waals surface area contributed by atoms with E-state index in [1.165, 1.54) is 6.07 Å². The summed E-state index contributed by atoms with van der Waals surface area (Å²) in [5.41, 5.74) is 0.461. The van der Waals surface area contributed by atoms with Crippen molar-refractivity contribution in [1.29, 1.82) is 0 Å². The number of carbonyl (C=O) groups is 1. The van der Waals surface area contributed by atoms with E-state index >= 15 is 0 Å². The third kappa shape index (κ3) is 3.46. The Morgan fingerprint density at radius 3 is 3.06 bits per heavy atom. The minimum absolute atomic E-state index is 0.0711. The first-order chi connectivity index (χ1) is 8.66. The van der Waals surface area contributed by atoms with Gasteiger partial charge in [-0.05, 0) is 53.4 Å². The smallest absolute Gasteiger partial charge is 0.251 e. The third-order valence-electron chi connectivity index (χ3n) is 2.98. The summed E-state index contributed by atoms with van der Waals surface area (Å²) in [4.78, 5) is 11.8. The number of ether oxygens (including phenoxy) is 1. The van der Waals surface area contributed by atoms with Crippen molar-refractivity contribution in [3.8, 4) is 5.75 Å². The van der Waals surface area contributed by atoms with E-state index in [0.717, 1.165) is 25.9 Å². The molecule has 98 valence electrons. The highest BCUT2D eigenvalue weighted by Crippen LogP contribution is 2.24. The predicted octanol–water partition coefficient (Wildman–Crippen LogP) is 2.45. The van der Waals surface area contributed by atoms with Gasteiger partial charge in [0.1, 0.15) is 5.75 Å². The summed E-state index contributed by atoms with van der Waals surface area (Å²) in [5.74, 6) is -0.0995. The van der Waals surface area contributed by atoms with E-state index in [9.17, 15) is 9.90 Å². The molecule has 1 saturated heterocycles. The molecule has 4 nitrogen and oxygen atoms in total. The minimum atomic E-state index is -0.171. The maximum atomic E-state index is 11.8. The van der Waals surface area contributed by atoms with Gasteiger partial charge in [0, 0.05) is 18.7 Å². The summed E-state index contributed by atoms with van der Waals surface area (Å²) in [6.45, 7) is 1.43. The van der Waals surface area contributed by atoms with Gasteiger partial charge in [-0.25, -0.2) is 0 Å². The summed E-state index contributed by atoms with van der Waals surface area (Å²) in [7, 11) is 0. The average molecular weight is 314 g/mol. The van der Waals surface area contributed by atoms with Crippen LogP contribution in [0, 0.1) is 0 Å². The van der Waals surface area contributed by atoms with Crippen molar-refractivity contribution in [3.63, 3.8) is 0 Å². The van der Waals surface area contributed by atoms with Gasteiger partial charge in [0.25, 0.3) is 5.91 Å². The van der Waals surface area contributed by atoms with Crippen LogP contribution in [-0.4, -0.2) is 30.3 Å². The Hall–Kier alpha value is -1.07. The SMILES string of the molecule is O=C(NCCC1CCCO1)c1ccc(Br)c(O)c1. The van der Waals surface area contributed by atoms with Crippen molar-refractivity contribution in [2.24, 2.45) is 0 Å². The van der Waals surface area contributed by atoms with Gasteiger partial charge in [-0.15, -0.1) is 0 Å². The first kappa shape index (κ1) is 13.4. The van der Waals surface area contributed by atoms with Gasteiger partial charge < -0.3 is 15.2 Å². The highest BCUT2D eigenvalue weighted by atomic mass is 79.9. The van der Waals surface area contributed by atoms with Crippen molar-refractivity contribution >= 4 is 21.8 Å². The number of hydrogen-bond donors (Lipinski definition) is 2. The van der Waals surface area contributed by atoms with E-state index in [1.807, 2.05) is 0 Å². The van der Waals surface area contributed by atoms with Gasteiger partial charge in [-0.3, -0.25) is 4.79 Å².